The summed E-state index contributed by atoms with van der Waals surface area (Å²) in [6.07, 6.45) is 1.44. The van der Waals surface area contributed by atoms with Gasteiger partial charge < -0.3 is 20.1 Å². The first-order chi connectivity index (χ1) is 10.2. The first kappa shape index (κ1) is 17.3. The van der Waals surface area contributed by atoms with Crippen LogP contribution >= 0.6 is 0 Å². The first-order valence-electron chi connectivity index (χ1n) is 7.49. The SMILES string of the molecule is CCCNC(=O)CCNCc1cccc(OCC)c1OC. The van der Waals surface area contributed by atoms with Gasteiger partial charge in [-0.1, -0.05) is 19.1 Å². The second-order valence-corrected chi connectivity index (χ2v) is 4.66. The molecule has 118 valence electrons. The van der Waals surface area contributed by atoms with Gasteiger partial charge in [0.1, 0.15) is 0 Å². The zero-order chi connectivity index (χ0) is 15.5. The summed E-state index contributed by atoms with van der Waals surface area (Å²) in [7, 11) is 1.64. The van der Waals surface area contributed by atoms with E-state index in [1.54, 1.807) is 7.11 Å². The minimum atomic E-state index is 0.0828. The Kier molecular flexibility index (Phi) is 8.28. The Balaban J connectivity index is 2.44. The number of rotatable bonds is 10. The number of para-hydroxylation sites is 1. The first-order valence-corrected chi connectivity index (χ1v) is 7.49. The number of carbonyl (C=O) groups is 1. The molecule has 1 amide bonds. The van der Waals surface area contributed by atoms with E-state index in [0.29, 0.717) is 26.1 Å². The number of nitrogens with one attached hydrogen (secondary N) is 2. The minimum Gasteiger partial charge on any atom is -0.493 e. The van der Waals surface area contributed by atoms with E-state index in [9.17, 15) is 4.79 Å². The Hall–Kier alpha value is -1.75. The summed E-state index contributed by atoms with van der Waals surface area (Å²) in [5.41, 5.74) is 1.03. The van der Waals surface area contributed by atoms with Crippen LogP contribution in [0.5, 0.6) is 11.5 Å². The van der Waals surface area contributed by atoms with Crippen LogP contribution in [0.4, 0.5) is 0 Å². The van der Waals surface area contributed by atoms with Crippen LogP contribution in [0.2, 0.25) is 0 Å². The van der Waals surface area contributed by atoms with Crippen molar-refractivity contribution in [3.63, 3.8) is 0 Å². The molecule has 5 nitrogen and oxygen atoms in total. The molecule has 0 spiro atoms. The molecule has 0 aliphatic heterocycles. The maximum absolute atomic E-state index is 11.5. The van der Waals surface area contributed by atoms with Crippen molar-refractivity contribution in [3.8, 4) is 11.5 Å². The Bertz CT molecular complexity index is 436. The predicted molar refractivity (Wildman–Crippen MR) is 83.8 cm³/mol. The number of benzene rings is 1. The summed E-state index contributed by atoms with van der Waals surface area (Å²) in [5, 5.41) is 6.11. The predicted octanol–water partition coefficient (Wildman–Crippen LogP) is 2.10. The summed E-state index contributed by atoms with van der Waals surface area (Å²) in [6.45, 7) is 6.60. The van der Waals surface area contributed by atoms with Crippen LogP contribution in [-0.4, -0.2) is 32.7 Å². The van der Waals surface area contributed by atoms with Gasteiger partial charge in [-0.3, -0.25) is 4.79 Å². The molecule has 0 unspecified atom stereocenters. The average Bonchev–Trinajstić information content (AvgIpc) is 2.50. The van der Waals surface area contributed by atoms with E-state index in [1.807, 2.05) is 32.0 Å². The van der Waals surface area contributed by atoms with Crippen molar-refractivity contribution in [3.05, 3.63) is 23.8 Å². The average molecular weight is 294 g/mol. The molecular weight excluding hydrogens is 268 g/mol. The van der Waals surface area contributed by atoms with Crippen molar-refractivity contribution in [1.82, 2.24) is 10.6 Å². The summed E-state index contributed by atoms with van der Waals surface area (Å²) >= 11 is 0. The van der Waals surface area contributed by atoms with E-state index in [2.05, 4.69) is 10.6 Å². The lowest BCUT2D eigenvalue weighted by Crippen LogP contribution is -2.28. The van der Waals surface area contributed by atoms with Crippen molar-refractivity contribution in [2.24, 2.45) is 0 Å². The Morgan fingerprint density at radius 2 is 2.05 bits per heavy atom. The largest absolute Gasteiger partial charge is 0.493 e. The summed E-state index contributed by atoms with van der Waals surface area (Å²) in [6, 6.07) is 5.83. The van der Waals surface area contributed by atoms with Gasteiger partial charge in [-0.2, -0.15) is 0 Å². The Morgan fingerprint density at radius 1 is 1.24 bits per heavy atom. The number of hydrogen-bond donors (Lipinski definition) is 2. The van der Waals surface area contributed by atoms with E-state index in [-0.39, 0.29) is 5.91 Å². The molecule has 0 aromatic heterocycles. The van der Waals surface area contributed by atoms with E-state index >= 15 is 0 Å². The van der Waals surface area contributed by atoms with Crippen LogP contribution in [0.15, 0.2) is 18.2 Å². The fourth-order valence-corrected chi connectivity index (χ4v) is 1.98. The molecule has 0 bridgehead atoms. The molecule has 0 atom stereocenters. The molecule has 0 aliphatic rings. The molecule has 0 radical (unpaired) electrons. The van der Waals surface area contributed by atoms with Gasteiger partial charge in [0.25, 0.3) is 0 Å². The van der Waals surface area contributed by atoms with Crippen LogP contribution in [0.3, 0.4) is 0 Å². The van der Waals surface area contributed by atoms with Crippen LogP contribution < -0.4 is 20.1 Å². The van der Waals surface area contributed by atoms with Crippen molar-refractivity contribution in [1.29, 1.82) is 0 Å². The number of hydrogen-bond acceptors (Lipinski definition) is 4. The number of ether oxygens (including phenoxy) is 2. The maximum atomic E-state index is 11.5. The Labute approximate surface area is 127 Å². The second-order valence-electron chi connectivity index (χ2n) is 4.66. The summed E-state index contributed by atoms with van der Waals surface area (Å²) in [4.78, 5) is 11.5. The van der Waals surface area contributed by atoms with E-state index < -0.39 is 0 Å². The highest BCUT2D eigenvalue weighted by molar-refractivity contribution is 5.75. The Morgan fingerprint density at radius 3 is 2.71 bits per heavy atom. The van der Waals surface area contributed by atoms with Gasteiger partial charge in [-0.25, -0.2) is 0 Å². The van der Waals surface area contributed by atoms with Crippen molar-refractivity contribution < 1.29 is 14.3 Å². The lowest BCUT2D eigenvalue weighted by atomic mass is 10.2. The van der Waals surface area contributed by atoms with Gasteiger partial charge in [0.15, 0.2) is 11.5 Å². The zero-order valence-electron chi connectivity index (χ0n) is 13.2. The molecule has 1 aromatic carbocycles. The molecule has 21 heavy (non-hydrogen) atoms. The minimum absolute atomic E-state index is 0.0828. The molecule has 1 aromatic rings. The molecule has 0 saturated carbocycles. The highest BCUT2D eigenvalue weighted by Gasteiger charge is 2.09. The fraction of sp³-hybridized carbons (Fsp3) is 0.562. The molecule has 1 rings (SSSR count). The quantitative estimate of drug-likeness (QED) is 0.649. The monoisotopic (exact) mass is 294 g/mol. The van der Waals surface area contributed by atoms with Gasteiger partial charge in [-0.05, 0) is 19.4 Å². The van der Waals surface area contributed by atoms with Crippen LogP contribution in [0.25, 0.3) is 0 Å². The van der Waals surface area contributed by atoms with E-state index in [0.717, 1.165) is 30.0 Å². The molecule has 0 fully saturated rings. The third kappa shape index (κ3) is 6.04. The van der Waals surface area contributed by atoms with E-state index in [4.69, 9.17) is 9.47 Å². The molecule has 0 saturated heterocycles. The van der Waals surface area contributed by atoms with Gasteiger partial charge in [0, 0.05) is 31.6 Å². The highest BCUT2D eigenvalue weighted by atomic mass is 16.5. The van der Waals surface area contributed by atoms with E-state index in [1.165, 1.54) is 0 Å². The standard InChI is InChI=1S/C16H26N2O3/c1-4-10-18-15(19)9-11-17-12-13-7-6-8-14(21-5-2)16(13)20-3/h6-8,17H,4-5,9-12H2,1-3H3,(H,18,19). The van der Waals surface area contributed by atoms with Crippen molar-refractivity contribution in [2.45, 2.75) is 33.2 Å². The topological polar surface area (TPSA) is 59.6 Å². The van der Waals surface area contributed by atoms with Crippen molar-refractivity contribution >= 4 is 5.91 Å². The van der Waals surface area contributed by atoms with Crippen LogP contribution in [-0.2, 0) is 11.3 Å². The normalized spacial score (nSPS) is 10.2. The molecular formula is C16H26N2O3. The number of carbonyl (C=O) groups excluding carboxylic acids is 1. The van der Waals surface area contributed by atoms with Crippen LogP contribution in [0.1, 0.15) is 32.3 Å². The third-order valence-corrected chi connectivity index (χ3v) is 2.98. The highest BCUT2D eigenvalue weighted by Crippen LogP contribution is 2.30. The fourth-order valence-electron chi connectivity index (χ4n) is 1.98. The zero-order valence-corrected chi connectivity index (χ0v) is 13.2. The third-order valence-electron chi connectivity index (χ3n) is 2.98. The molecule has 0 aliphatic carbocycles. The van der Waals surface area contributed by atoms with Gasteiger partial charge >= 0.3 is 0 Å². The van der Waals surface area contributed by atoms with Gasteiger partial charge in [-0.15, -0.1) is 0 Å². The number of methoxy groups -OCH3 is 1. The smallest absolute Gasteiger partial charge is 0.221 e. The summed E-state index contributed by atoms with van der Waals surface area (Å²) < 4.78 is 11.0. The lowest BCUT2D eigenvalue weighted by Gasteiger charge is -2.14. The molecule has 5 heteroatoms. The maximum Gasteiger partial charge on any atom is 0.221 e. The van der Waals surface area contributed by atoms with Gasteiger partial charge in [0.05, 0.1) is 13.7 Å². The number of amides is 1. The second kappa shape index (κ2) is 10.0. The lowest BCUT2D eigenvalue weighted by molar-refractivity contribution is -0.120. The summed E-state index contributed by atoms with van der Waals surface area (Å²) in [5.74, 6) is 1.58. The van der Waals surface area contributed by atoms with Gasteiger partial charge in [0.2, 0.25) is 5.91 Å². The molecule has 2 N–H and O–H groups in total. The molecule has 0 heterocycles. The van der Waals surface area contributed by atoms with Crippen molar-refractivity contribution in [2.75, 3.05) is 26.8 Å². The van der Waals surface area contributed by atoms with Crippen LogP contribution in [0, 0.1) is 0 Å².